The van der Waals surface area contributed by atoms with E-state index in [9.17, 15) is 19.5 Å². The number of ether oxygens (including phenoxy) is 3. The van der Waals surface area contributed by atoms with Crippen molar-refractivity contribution < 1.29 is 33.7 Å². The minimum atomic E-state index is -1.38. The molecule has 192 valence electrons. The number of carbonyl (C=O) groups is 3. The molecule has 1 unspecified atom stereocenters. The Morgan fingerprint density at radius 1 is 1.11 bits per heavy atom. The maximum Gasteiger partial charge on any atom is 0.313 e. The Morgan fingerprint density at radius 2 is 1.86 bits per heavy atom. The first-order valence-corrected chi connectivity index (χ1v) is 12.4. The monoisotopic (exact) mass is 496 g/mol. The predicted molar refractivity (Wildman–Crippen MR) is 130 cm³/mol. The number of fused-ring (bicyclic) bond motifs is 2. The fourth-order valence-electron chi connectivity index (χ4n) is 6.23. The third-order valence-electron chi connectivity index (χ3n) is 7.92. The van der Waals surface area contributed by atoms with Gasteiger partial charge in [0.25, 0.3) is 5.91 Å². The third kappa shape index (κ3) is 3.48. The van der Waals surface area contributed by atoms with Gasteiger partial charge in [-0.1, -0.05) is 31.2 Å². The number of benzene rings is 1. The molecule has 4 aliphatic rings. The predicted octanol–water partition coefficient (Wildman–Crippen LogP) is 1.84. The summed E-state index contributed by atoms with van der Waals surface area (Å²) in [6.07, 6.45) is 8.30. The first-order chi connectivity index (χ1) is 17.3. The maximum absolute atomic E-state index is 14.3. The van der Waals surface area contributed by atoms with Gasteiger partial charge in [0.05, 0.1) is 37.9 Å². The van der Waals surface area contributed by atoms with E-state index >= 15 is 0 Å². The molecule has 36 heavy (non-hydrogen) atoms. The molecule has 5 rings (SSSR count). The summed E-state index contributed by atoms with van der Waals surface area (Å²) in [5.74, 6) is -2.44. The highest BCUT2D eigenvalue weighted by Gasteiger charge is 2.75. The van der Waals surface area contributed by atoms with E-state index in [1.165, 1.54) is 4.90 Å². The SMILES string of the molecule is CC[C@@H](CO)N1C(=O)[C@@H]2[C@H]3C(=O)OCCC=C[C@@]3(C)O[C@@]23C=CCN(c2ccc(OC)cc2)C(=O)C13. The lowest BCUT2D eigenvalue weighted by molar-refractivity contribution is -0.160. The second-order valence-corrected chi connectivity index (χ2v) is 9.90. The summed E-state index contributed by atoms with van der Waals surface area (Å²) in [6.45, 7) is 3.80. The minimum Gasteiger partial charge on any atom is -0.497 e. The highest BCUT2D eigenvalue weighted by atomic mass is 16.6. The number of aliphatic hydroxyl groups excluding tert-OH is 1. The van der Waals surface area contributed by atoms with Crippen LogP contribution in [0.1, 0.15) is 26.7 Å². The van der Waals surface area contributed by atoms with Crippen LogP contribution in [0.25, 0.3) is 0 Å². The zero-order valence-corrected chi connectivity index (χ0v) is 20.8. The smallest absolute Gasteiger partial charge is 0.313 e. The van der Waals surface area contributed by atoms with Gasteiger partial charge >= 0.3 is 5.97 Å². The number of anilines is 1. The fraction of sp³-hybridized carbons (Fsp3) is 0.519. The molecule has 2 fully saturated rings. The standard InChI is InChI=1S/C27H32N2O7/c1-4-17(16-30)29-22-24(32)28(18-8-10-19(34-3)11-9-18)14-7-13-27(22)20(23(29)31)21-25(33)35-15-6-5-12-26(21,2)36-27/h5,7-13,17,20-22,30H,4,6,14-16H2,1-3H3/t17-,20-,21-,22?,26+,27-/m0/s1. The topological polar surface area (TPSA) is 106 Å². The summed E-state index contributed by atoms with van der Waals surface area (Å²) in [5, 5.41) is 10.2. The molecule has 1 N–H and O–H groups in total. The normalized spacial score (nSPS) is 34.3. The molecule has 4 heterocycles. The molecular formula is C27H32N2O7. The van der Waals surface area contributed by atoms with E-state index in [2.05, 4.69) is 0 Å². The van der Waals surface area contributed by atoms with Gasteiger partial charge in [-0.3, -0.25) is 14.4 Å². The Bertz CT molecular complexity index is 1110. The molecule has 1 spiro atoms. The van der Waals surface area contributed by atoms with Crippen molar-refractivity contribution in [1.82, 2.24) is 4.90 Å². The van der Waals surface area contributed by atoms with Crippen LogP contribution >= 0.6 is 0 Å². The number of nitrogens with zero attached hydrogens (tertiary/aromatic N) is 2. The van der Waals surface area contributed by atoms with E-state index in [1.54, 1.807) is 49.3 Å². The number of cyclic esters (lactones) is 1. The summed E-state index contributed by atoms with van der Waals surface area (Å²) in [7, 11) is 1.57. The van der Waals surface area contributed by atoms with Gasteiger partial charge < -0.3 is 29.1 Å². The zero-order valence-electron chi connectivity index (χ0n) is 20.8. The summed E-state index contributed by atoms with van der Waals surface area (Å²) in [5.41, 5.74) is -1.86. The number of hydrogen-bond acceptors (Lipinski definition) is 7. The summed E-state index contributed by atoms with van der Waals surface area (Å²) in [6, 6.07) is 5.45. The third-order valence-corrected chi connectivity index (χ3v) is 7.92. The molecular weight excluding hydrogens is 464 g/mol. The van der Waals surface area contributed by atoms with Gasteiger partial charge in [-0.05, 0) is 44.0 Å². The number of likely N-dealkylation sites (tertiary alicyclic amines) is 1. The Labute approximate surface area is 210 Å². The Kier molecular flexibility index (Phi) is 6.16. The van der Waals surface area contributed by atoms with E-state index in [1.807, 2.05) is 25.2 Å². The van der Waals surface area contributed by atoms with Crippen molar-refractivity contribution in [3.63, 3.8) is 0 Å². The maximum atomic E-state index is 14.3. The van der Waals surface area contributed by atoms with Gasteiger partial charge in [-0.2, -0.15) is 0 Å². The van der Waals surface area contributed by atoms with Crippen LogP contribution in [0.5, 0.6) is 5.75 Å². The van der Waals surface area contributed by atoms with Crippen molar-refractivity contribution in [1.29, 1.82) is 0 Å². The Hall–Kier alpha value is -3.17. The summed E-state index contributed by atoms with van der Waals surface area (Å²) < 4.78 is 17.4. The van der Waals surface area contributed by atoms with E-state index in [0.717, 1.165) is 0 Å². The lowest BCUT2D eigenvalue weighted by atomic mass is 9.74. The van der Waals surface area contributed by atoms with Crippen LogP contribution in [0, 0.1) is 11.8 Å². The average Bonchev–Trinajstić information content (AvgIpc) is 3.19. The number of aliphatic hydroxyl groups is 1. The molecule has 6 atom stereocenters. The number of methoxy groups -OCH3 is 1. The number of carbonyl (C=O) groups excluding carboxylic acids is 3. The second-order valence-electron chi connectivity index (χ2n) is 9.90. The lowest BCUT2D eigenvalue weighted by Crippen LogP contribution is -2.58. The van der Waals surface area contributed by atoms with Gasteiger partial charge in [0.15, 0.2) is 0 Å². The van der Waals surface area contributed by atoms with Crippen LogP contribution in [-0.2, 0) is 23.9 Å². The molecule has 2 amide bonds. The van der Waals surface area contributed by atoms with Gasteiger partial charge in [0.2, 0.25) is 5.91 Å². The fourth-order valence-corrected chi connectivity index (χ4v) is 6.23. The van der Waals surface area contributed by atoms with Crippen LogP contribution in [0.15, 0.2) is 48.6 Å². The van der Waals surface area contributed by atoms with Gasteiger partial charge in [-0.25, -0.2) is 0 Å². The van der Waals surface area contributed by atoms with E-state index in [-0.39, 0.29) is 31.6 Å². The zero-order chi connectivity index (χ0) is 25.7. The summed E-state index contributed by atoms with van der Waals surface area (Å²) >= 11 is 0. The molecule has 0 saturated carbocycles. The number of rotatable bonds is 5. The molecule has 0 aliphatic carbocycles. The molecule has 4 aliphatic heterocycles. The van der Waals surface area contributed by atoms with Gasteiger partial charge in [0, 0.05) is 12.2 Å². The molecule has 0 aromatic heterocycles. The van der Waals surface area contributed by atoms with Crippen molar-refractivity contribution in [2.24, 2.45) is 11.8 Å². The van der Waals surface area contributed by atoms with E-state index < -0.39 is 41.1 Å². The molecule has 9 nitrogen and oxygen atoms in total. The number of esters is 1. The van der Waals surface area contributed by atoms with Crippen molar-refractivity contribution in [3.05, 3.63) is 48.6 Å². The highest BCUT2D eigenvalue weighted by Crippen LogP contribution is 2.57. The van der Waals surface area contributed by atoms with Gasteiger partial charge in [0.1, 0.15) is 23.3 Å². The largest absolute Gasteiger partial charge is 0.497 e. The Balaban J connectivity index is 1.66. The van der Waals surface area contributed by atoms with Crippen LogP contribution in [0.2, 0.25) is 0 Å². The average molecular weight is 497 g/mol. The quantitative estimate of drug-likeness (QED) is 0.490. The van der Waals surface area contributed by atoms with E-state index in [0.29, 0.717) is 24.3 Å². The van der Waals surface area contributed by atoms with E-state index in [4.69, 9.17) is 14.2 Å². The van der Waals surface area contributed by atoms with Crippen LogP contribution in [0.4, 0.5) is 5.69 Å². The molecule has 2 saturated heterocycles. The summed E-state index contributed by atoms with van der Waals surface area (Å²) in [4.78, 5) is 44.7. The van der Waals surface area contributed by atoms with Crippen LogP contribution < -0.4 is 9.64 Å². The van der Waals surface area contributed by atoms with Crippen molar-refractivity contribution in [3.8, 4) is 5.75 Å². The Morgan fingerprint density at radius 3 is 2.53 bits per heavy atom. The number of hydrogen-bond donors (Lipinski definition) is 1. The molecule has 9 heteroatoms. The van der Waals surface area contributed by atoms with Crippen LogP contribution in [-0.4, -0.2) is 77.9 Å². The minimum absolute atomic E-state index is 0.219. The highest BCUT2D eigenvalue weighted by molar-refractivity contribution is 6.05. The second kappa shape index (κ2) is 9.05. The molecule has 0 bridgehead atoms. The van der Waals surface area contributed by atoms with Crippen molar-refractivity contribution >= 4 is 23.5 Å². The van der Waals surface area contributed by atoms with Gasteiger partial charge in [-0.15, -0.1) is 0 Å². The van der Waals surface area contributed by atoms with Crippen molar-refractivity contribution in [2.75, 3.05) is 31.8 Å². The van der Waals surface area contributed by atoms with Crippen molar-refractivity contribution in [2.45, 2.75) is 50.0 Å². The first kappa shape index (κ1) is 24.5. The molecule has 0 radical (unpaired) electrons. The molecule has 1 aromatic carbocycles. The van der Waals surface area contributed by atoms with Crippen LogP contribution in [0.3, 0.4) is 0 Å². The molecule has 1 aromatic rings. The first-order valence-electron chi connectivity index (χ1n) is 12.4. The number of amides is 2. The lowest BCUT2D eigenvalue weighted by Gasteiger charge is -2.40.